The zero-order valence-electron chi connectivity index (χ0n) is 10.0. The smallest absolute Gasteiger partial charge is 0.168 e. The van der Waals surface area contributed by atoms with Gasteiger partial charge in [-0.05, 0) is 36.4 Å². The second-order valence-electron chi connectivity index (χ2n) is 3.92. The molecule has 0 heterocycles. The molecule has 0 aliphatic rings. The molecule has 0 atom stereocenters. The van der Waals surface area contributed by atoms with Crippen LogP contribution in [0, 0.1) is 0 Å². The molecule has 4 heteroatoms. The van der Waals surface area contributed by atoms with E-state index in [1.807, 2.05) is 36.4 Å². The van der Waals surface area contributed by atoms with Crippen LogP contribution in [-0.4, -0.2) is 12.0 Å². The lowest BCUT2D eigenvalue weighted by Gasteiger charge is -1.98. The Balaban J connectivity index is 1.96. The fourth-order valence-electron chi connectivity index (χ4n) is 1.51. The Morgan fingerprint density at radius 3 is 2.05 bits per heavy atom. The molecular formula is C15H11Br2NO. The minimum atomic E-state index is 0.0633. The van der Waals surface area contributed by atoms with Gasteiger partial charge in [0.2, 0.25) is 0 Å². The standard InChI is InChI=1S/C15H11Br2NO/c16-12-3-1-11(2-4-12)15(19)9-10-18-14-7-5-13(17)6-8-14/h1-8,10H,9H2. The van der Waals surface area contributed by atoms with Crippen molar-refractivity contribution in [3.8, 4) is 0 Å². The highest BCUT2D eigenvalue weighted by atomic mass is 79.9. The lowest BCUT2D eigenvalue weighted by molar-refractivity contribution is 0.100. The molecule has 0 aliphatic heterocycles. The summed E-state index contributed by atoms with van der Waals surface area (Å²) < 4.78 is 1.98. The average Bonchev–Trinajstić information content (AvgIpc) is 2.41. The molecule has 2 rings (SSSR count). The molecule has 19 heavy (non-hydrogen) atoms. The maximum atomic E-state index is 11.9. The van der Waals surface area contributed by atoms with Gasteiger partial charge in [0, 0.05) is 27.1 Å². The molecule has 2 nitrogen and oxygen atoms in total. The molecule has 0 unspecified atom stereocenters. The first kappa shape index (κ1) is 14.2. The molecule has 0 saturated heterocycles. The van der Waals surface area contributed by atoms with Crippen LogP contribution in [-0.2, 0) is 0 Å². The molecule has 0 bridgehead atoms. The van der Waals surface area contributed by atoms with Crippen molar-refractivity contribution in [3.63, 3.8) is 0 Å². The summed E-state index contributed by atoms with van der Waals surface area (Å²) in [5.74, 6) is 0.0633. The fourth-order valence-corrected chi connectivity index (χ4v) is 2.04. The molecule has 0 amide bonds. The van der Waals surface area contributed by atoms with Gasteiger partial charge in [-0.1, -0.05) is 44.0 Å². The number of carbonyl (C=O) groups is 1. The first-order valence-electron chi connectivity index (χ1n) is 5.72. The maximum Gasteiger partial charge on any atom is 0.168 e. The summed E-state index contributed by atoms with van der Waals surface area (Å²) in [6.45, 7) is 0. The summed E-state index contributed by atoms with van der Waals surface area (Å²) in [5.41, 5.74) is 1.54. The van der Waals surface area contributed by atoms with Gasteiger partial charge in [-0.15, -0.1) is 0 Å². The van der Waals surface area contributed by atoms with Crippen LogP contribution in [0.15, 0.2) is 62.5 Å². The summed E-state index contributed by atoms with van der Waals surface area (Å²) in [6, 6.07) is 15.0. The Hall–Kier alpha value is -1.26. The number of rotatable bonds is 4. The highest BCUT2D eigenvalue weighted by Gasteiger charge is 2.03. The van der Waals surface area contributed by atoms with Gasteiger partial charge in [-0.2, -0.15) is 0 Å². The van der Waals surface area contributed by atoms with Crippen LogP contribution in [0.4, 0.5) is 5.69 Å². The first-order chi connectivity index (χ1) is 9.15. The van der Waals surface area contributed by atoms with Crippen molar-refractivity contribution in [2.24, 2.45) is 4.99 Å². The van der Waals surface area contributed by atoms with Crippen molar-refractivity contribution >= 4 is 49.5 Å². The molecule has 0 aliphatic carbocycles. The van der Waals surface area contributed by atoms with Gasteiger partial charge in [0.05, 0.1) is 5.69 Å². The summed E-state index contributed by atoms with van der Waals surface area (Å²) in [4.78, 5) is 16.1. The quantitative estimate of drug-likeness (QED) is 0.530. The minimum absolute atomic E-state index is 0.0633. The Bertz CT molecular complexity index is 589. The van der Waals surface area contributed by atoms with Gasteiger partial charge in [-0.25, -0.2) is 0 Å². The zero-order valence-corrected chi connectivity index (χ0v) is 13.2. The molecule has 0 aromatic heterocycles. The molecular weight excluding hydrogens is 370 g/mol. The number of halogens is 2. The monoisotopic (exact) mass is 379 g/mol. The lowest BCUT2D eigenvalue weighted by atomic mass is 10.1. The van der Waals surface area contributed by atoms with Gasteiger partial charge in [0.15, 0.2) is 5.78 Å². The molecule has 0 radical (unpaired) electrons. The van der Waals surface area contributed by atoms with Crippen LogP contribution < -0.4 is 0 Å². The highest BCUT2D eigenvalue weighted by Crippen LogP contribution is 2.16. The normalized spacial score (nSPS) is 10.8. The molecule has 96 valence electrons. The molecule has 0 saturated carbocycles. The van der Waals surface area contributed by atoms with E-state index >= 15 is 0 Å². The fraction of sp³-hybridized carbons (Fsp3) is 0.0667. The van der Waals surface area contributed by atoms with E-state index in [0.29, 0.717) is 12.0 Å². The zero-order chi connectivity index (χ0) is 13.7. The maximum absolute atomic E-state index is 11.9. The Kier molecular flexibility index (Phi) is 5.05. The predicted octanol–water partition coefficient (Wildman–Crippen LogP) is 5.19. The van der Waals surface area contributed by atoms with E-state index < -0.39 is 0 Å². The van der Waals surface area contributed by atoms with Gasteiger partial charge in [0.1, 0.15) is 0 Å². The predicted molar refractivity (Wildman–Crippen MR) is 85.4 cm³/mol. The Labute approximate surface area is 128 Å². The van der Waals surface area contributed by atoms with Crippen LogP contribution in [0.25, 0.3) is 0 Å². The number of ketones is 1. The number of nitrogens with zero attached hydrogens (tertiary/aromatic N) is 1. The first-order valence-corrected chi connectivity index (χ1v) is 7.30. The summed E-state index contributed by atoms with van der Waals surface area (Å²) in [7, 11) is 0. The van der Waals surface area contributed by atoms with Gasteiger partial charge < -0.3 is 0 Å². The van der Waals surface area contributed by atoms with E-state index in [1.165, 1.54) is 0 Å². The van der Waals surface area contributed by atoms with Crippen LogP contribution in [0.3, 0.4) is 0 Å². The molecule has 0 fully saturated rings. The third kappa shape index (κ3) is 4.40. The third-order valence-corrected chi connectivity index (χ3v) is 3.57. The van der Waals surface area contributed by atoms with E-state index in [-0.39, 0.29) is 5.78 Å². The largest absolute Gasteiger partial charge is 0.294 e. The van der Waals surface area contributed by atoms with Crippen LogP contribution >= 0.6 is 31.9 Å². The number of benzene rings is 2. The van der Waals surface area contributed by atoms with Crippen molar-refractivity contribution < 1.29 is 4.79 Å². The molecule has 2 aromatic rings. The Morgan fingerprint density at radius 2 is 1.47 bits per heavy atom. The van der Waals surface area contributed by atoms with E-state index in [1.54, 1.807) is 18.3 Å². The second kappa shape index (κ2) is 6.78. The van der Waals surface area contributed by atoms with Crippen LogP contribution in [0.5, 0.6) is 0 Å². The average molecular weight is 381 g/mol. The van der Waals surface area contributed by atoms with E-state index in [4.69, 9.17) is 0 Å². The summed E-state index contributed by atoms with van der Waals surface area (Å²) in [5, 5.41) is 0. The number of carbonyl (C=O) groups excluding carboxylic acids is 1. The van der Waals surface area contributed by atoms with Crippen molar-refractivity contribution in [3.05, 3.63) is 63.0 Å². The summed E-state index contributed by atoms with van der Waals surface area (Å²) >= 11 is 6.71. The number of hydrogen-bond acceptors (Lipinski definition) is 2. The number of Topliss-reactive ketones (excluding diaryl/α,β-unsaturated/α-hetero) is 1. The second-order valence-corrected chi connectivity index (χ2v) is 5.75. The van der Waals surface area contributed by atoms with Gasteiger partial charge >= 0.3 is 0 Å². The highest BCUT2D eigenvalue weighted by molar-refractivity contribution is 9.10. The molecule has 2 aromatic carbocycles. The van der Waals surface area contributed by atoms with Crippen LogP contribution in [0.1, 0.15) is 16.8 Å². The van der Waals surface area contributed by atoms with E-state index in [0.717, 1.165) is 14.6 Å². The lowest BCUT2D eigenvalue weighted by Crippen LogP contribution is -1.98. The van der Waals surface area contributed by atoms with Crippen molar-refractivity contribution in [1.29, 1.82) is 0 Å². The van der Waals surface area contributed by atoms with Crippen LogP contribution in [0.2, 0.25) is 0 Å². The topological polar surface area (TPSA) is 29.4 Å². The van der Waals surface area contributed by atoms with Crippen molar-refractivity contribution in [1.82, 2.24) is 0 Å². The third-order valence-electron chi connectivity index (χ3n) is 2.51. The van der Waals surface area contributed by atoms with E-state index in [9.17, 15) is 4.79 Å². The van der Waals surface area contributed by atoms with Gasteiger partial charge in [0.25, 0.3) is 0 Å². The van der Waals surface area contributed by atoms with Crippen molar-refractivity contribution in [2.75, 3.05) is 0 Å². The molecule has 0 N–H and O–H groups in total. The summed E-state index contributed by atoms with van der Waals surface area (Å²) in [6.07, 6.45) is 1.95. The van der Waals surface area contributed by atoms with Crippen molar-refractivity contribution in [2.45, 2.75) is 6.42 Å². The number of aliphatic imine (C=N–C) groups is 1. The SMILES string of the molecule is O=C(CC=Nc1ccc(Br)cc1)c1ccc(Br)cc1. The minimum Gasteiger partial charge on any atom is -0.294 e. The Morgan fingerprint density at radius 1 is 0.947 bits per heavy atom. The van der Waals surface area contributed by atoms with E-state index in [2.05, 4.69) is 36.9 Å². The molecule has 0 spiro atoms. The number of hydrogen-bond donors (Lipinski definition) is 0. The van der Waals surface area contributed by atoms with Gasteiger partial charge in [-0.3, -0.25) is 9.79 Å².